The number of carbonyl (C=O) groups excluding carboxylic acids is 1. The number of rotatable bonds is 4. The van der Waals surface area contributed by atoms with Crippen LogP contribution in [-0.2, 0) is 0 Å². The van der Waals surface area contributed by atoms with Gasteiger partial charge in [-0.05, 0) is 37.1 Å². The molecule has 1 atom stereocenters. The first-order chi connectivity index (χ1) is 12.2. The highest BCUT2D eigenvalue weighted by Gasteiger charge is 2.26. The van der Waals surface area contributed by atoms with Crippen molar-refractivity contribution in [1.82, 2.24) is 14.3 Å². The van der Waals surface area contributed by atoms with Crippen LogP contribution in [0, 0.1) is 0 Å². The van der Waals surface area contributed by atoms with Crippen LogP contribution in [0.5, 0.6) is 5.75 Å². The first kappa shape index (κ1) is 16.0. The zero-order chi connectivity index (χ0) is 17.2. The van der Waals surface area contributed by atoms with Gasteiger partial charge in [0.1, 0.15) is 11.4 Å². The third kappa shape index (κ3) is 3.32. The maximum atomic E-state index is 12.8. The van der Waals surface area contributed by atoms with E-state index < -0.39 is 0 Å². The summed E-state index contributed by atoms with van der Waals surface area (Å²) in [6.07, 6.45) is 5.78. The minimum absolute atomic E-state index is 0.0112. The molecule has 1 N–H and O–H groups in total. The van der Waals surface area contributed by atoms with E-state index in [0.717, 1.165) is 35.8 Å². The summed E-state index contributed by atoms with van der Waals surface area (Å²) in [5.41, 5.74) is 1.57. The molecule has 130 valence electrons. The standard InChI is InChI=1S/C18H20N4O2S/c1-24-15-6-4-13(5-7-15)19-14-3-2-8-21(11-14)17(23)16-12-22-9-10-25-18(22)20-16/h4-7,9-10,12,14,19H,2-3,8,11H2,1H3. The number of nitrogens with zero attached hydrogens (tertiary/aromatic N) is 3. The lowest BCUT2D eigenvalue weighted by atomic mass is 10.0. The molecule has 1 fully saturated rings. The molecular weight excluding hydrogens is 336 g/mol. The van der Waals surface area contributed by atoms with Gasteiger partial charge in [-0.2, -0.15) is 0 Å². The van der Waals surface area contributed by atoms with Crippen molar-refractivity contribution in [3.63, 3.8) is 0 Å². The molecule has 1 saturated heterocycles. The van der Waals surface area contributed by atoms with Crippen LogP contribution in [0.1, 0.15) is 23.3 Å². The molecule has 0 aliphatic carbocycles. The number of carbonyl (C=O) groups is 1. The third-order valence-corrected chi connectivity index (χ3v) is 5.25. The van der Waals surface area contributed by atoms with Gasteiger partial charge in [-0.3, -0.25) is 9.20 Å². The van der Waals surface area contributed by atoms with Gasteiger partial charge in [-0.25, -0.2) is 4.98 Å². The lowest BCUT2D eigenvalue weighted by molar-refractivity contribution is 0.0709. The molecule has 0 spiro atoms. The van der Waals surface area contributed by atoms with E-state index in [-0.39, 0.29) is 11.9 Å². The van der Waals surface area contributed by atoms with E-state index in [9.17, 15) is 4.79 Å². The maximum Gasteiger partial charge on any atom is 0.274 e. The van der Waals surface area contributed by atoms with Crippen LogP contribution >= 0.6 is 11.3 Å². The summed E-state index contributed by atoms with van der Waals surface area (Å²) in [7, 11) is 1.66. The normalized spacial score (nSPS) is 17.6. The van der Waals surface area contributed by atoms with Crippen LogP contribution in [0.15, 0.2) is 42.0 Å². The monoisotopic (exact) mass is 356 g/mol. The number of benzene rings is 1. The number of hydrogen-bond acceptors (Lipinski definition) is 5. The van der Waals surface area contributed by atoms with Gasteiger partial charge in [-0.1, -0.05) is 0 Å². The Kier molecular flexibility index (Phi) is 4.31. The first-order valence-corrected chi connectivity index (χ1v) is 9.23. The third-order valence-electron chi connectivity index (χ3n) is 4.48. The van der Waals surface area contributed by atoms with E-state index in [4.69, 9.17) is 4.74 Å². The van der Waals surface area contributed by atoms with Crippen molar-refractivity contribution in [1.29, 1.82) is 0 Å². The van der Waals surface area contributed by atoms with Gasteiger partial charge in [0.15, 0.2) is 4.96 Å². The molecule has 6 nitrogen and oxygen atoms in total. The number of aromatic nitrogens is 2. The Balaban J connectivity index is 1.42. The highest BCUT2D eigenvalue weighted by atomic mass is 32.1. The average Bonchev–Trinajstić information content (AvgIpc) is 3.24. The highest BCUT2D eigenvalue weighted by Crippen LogP contribution is 2.21. The second kappa shape index (κ2) is 6.76. The molecule has 25 heavy (non-hydrogen) atoms. The Bertz CT molecular complexity index is 842. The van der Waals surface area contributed by atoms with Crippen LogP contribution in [0.3, 0.4) is 0 Å². The molecule has 2 aromatic heterocycles. The molecular formula is C18H20N4O2S. The Morgan fingerprint density at radius 2 is 2.20 bits per heavy atom. The van der Waals surface area contributed by atoms with Crippen molar-refractivity contribution in [2.45, 2.75) is 18.9 Å². The second-order valence-corrected chi connectivity index (χ2v) is 7.06. The van der Waals surface area contributed by atoms with Crippen LogP contribution in [-0.4, -0.2) is 46.4 Å². The van der Waals surface area contributed by atoms with Crippen molar-refractivity contribution in [2.24, 2.45) is 0 Å². The fourth-order valence-corrected chi connectivity index (χ4v) is 3.89. The van der Waals surface area contributed by atoms with Crippen LogP contribution < -0.4 is 10.1 Å². The minimum atomic E-state index is 0.0112. The molecule has 1 aliphatic rings. The number of likely N-dealkylation sites (tertiary alicyclic amines) is 1. The van der Waals surface area contributed by atoms with Gasteiger partial charge in [0, 0.05) is 42.6 Å². The molecule has 1 aliphatic heterocycles. The van der Waals surface area contributed by atoms with Crippen molar-refractivity contribution in [3.05, 3.63) is 47.7 Å². The van der Waals surface area contributed by atoms with E-state index >= 15 is 0 Å². The van der Waals surface area contributed by atoms with Crippen molar-refractivity contribution >= 4 is 27.9 Å². The first-order valence-electron chi connectivity index (χ1n) is 8.35. The van der Waals surface area contributed by atoms with E-state index in [0.29, 0.717) is 12.2 Å². The number of ether oxygens (including phenoxy) is 1. The lowest BCUT2D eigenvalue weighted by Gasteiger charge is -2.33. The number of imidazole rings is 1. The van der Waals surface area contributed by atoms with E-state index in [1.54, 1.807) is 7.11 Å². The molecule has 3 aromatic rings. The minimum Gasteiger partial charge on any atom is -0.497 e. The van der Waals surface area contributed by atoms with E-state index in [1.807, 2.05) is 51.3 Å². The average molecular weight is 356 g/mol. The summed E-state index contributed by atoms with van der Waals surface area (Å²) in [6.45, 7) is 1.47. The maximum absolute atomic E-state index is 12.8. The Labute approximate surface area is 150 Å². The molecule has 7 heteroatoms. The second-order valence-electron chi connectivity index (χ2n) is 6.18. The Morgan fingerprint density at radius 1 is 1.36 bits per heavy atom. The largest absolute Gasteiger partial charge is 0.497 e. The van der Waals surface area contributed by atoms with Crippen molar-refractivity contribution in [3.8, 4) is 5.75 Å². The van der Waals surface area contributed by atoms with Crippen molar-refractivity contribution in [2.75, 3.05) is 25.5 Å². The molecule has 1 aromatic carbocycles. The topological polar surface area (TPSA) is 58.9 Å². The fraction of sp³-hybridized carbons (Fsp3) is 0.333. The number of methoxy groups -OCH3 is 1. The lowest BCUT2D eigenvalue weighted by Crippen LogP contribution is -2.45. The molecule has 4 rings (SSSR count). The van der Waals surface area contributed by atoms with Gasteiger partial charge < -0.3 is 15.0 Å². The quantitative estimate of drug-likeness (QED) is 0.780. The molecule has 3 heterocycles. The van der Waals surface area contributed by atoms with E-state index in [2.05, 4.69) is 10.3 Å². The van der Waals surface area contributed by atoms with Crippen LogP contribution in [0.2, 0.25) is 0 Å². The van der Waals surface area contributed by atoms with E-state index in [1.165, 1.54) is 11.3 Å². The summed E-state index contributed by atoms with van der Waals surface area (Å²) in [4.78, 5) is 19.9. The molecule has 1 unspecified atom stereocenters. The zero-order valence-electron chi connectivity index (χ0n) is 14.0. The zero-order valence-corrected chi connectivity index (χ0v) is 14.8. The Hall–Kier alpha value is -2.54. The van der Waals surface area contributed by atoms with Gasteiger partial charge in [-0.15, -0.1) is 11.3 Å². The van der Waals surface area contributed by atoms with Crippen LogP contribution in [0.4, 0.5) is 5.69 Å². The predicted octanol–water partition coefficient (Wildman–Crippen LogP) is 3.12. The molecule has 0 bridgehead atoms. The number of fused-ring (bicyclic) bond motifs is 1. The highest BCUT2D eigenvalue weighted by molar-refractivity contribution is 7.15. The van der Waals surface area contributed by atoms with Gasteiger partial charge in [0.2, 0.25) is 0 Å². The summed E-state index contributed by atoms with van der Waals surface area (Å²) in [5, 5.41) is 5.48. The SMILES string of the molecule is COc1ccc(NC2CCCN(C(=O)c3cn4ccsc4n3)C2)cc1. The van der Waals surface area contributed by atoms with Crippen molar-refractivity contribution < 1.29 is 9.53 Å². The van der Waals surface area contributed by atoms with Gasteiger partial charge >= 0.3 is 0 Å². The number of anilines is 1. The summed E-state index contributed by atoms with van der Waals surface area (Å²) in [5.74, 6) is 0.850. The molecule has 1 amide bonds. The predicted molar refractivity (Wildman–Crippen MR) is 98.6 cm³/mol. The smallest absolute Gasteiger partial charge is 0.274 e. The number of hydrogen-bond donors (Lipinski definition) is 1. The number of piperidine rings is 1. The summed E-state index contributed by atoms with van der Waals surface area (Å²) in [6, 6.07) is 8.12. The fourth-order valence-electron chi connectivity index (χ4n) is 3.19. The summed E-state index contributed by atoms with van der Waals surface area (Å²) >= 11 is 1.54. The number of thiazole rings is 1. The molecule has 0 radical (unpaired) electrons. The van der Waals surface area contributed by atoms with Gasteiger partial charge in [0.05, 0.1) is 7.11 Å². The van der Waals surface area contributed by atoms with Gasteiger partial charge in [0.25, 0.3) is 5.91 Å². The van der Waals surface area contributed by atoms with Crippen LogP contribution in [0.25, 0.3) is 4.96 Å². The summed E-state index contributed by atoms with van der Waals surface area (Å²) < 4.78 is 7.08. The Morgan fingerprint density at radius 3 is 2.96 bits per heavy atom. The number of amides is 1. The molecule has 0 saturated carbocycles. The number of nitrogens with one attached hydrogen (secondary N) is 1.